The van der Waals surface area contributed by atoms with Crippen LogP contribution in [0.1, 0.15) is 18.9 Å². The van der Waals surface area contributed by atoms with Gasteiger partial charge in [0.2, 0.25) is 0 Å². The quantitative estimate of drug-likeness (QED) is 0.759. The molecule has 0 saturated heterocycles. The van der Waals surface area contributed by atoms with Crippen LogP contribution in [-0.2, 0) is 16.6 Å². The third kappa shape index (κ3) is 3.10. The van der Waals surface area contributed by atoms with E-state index in [-0.39, 0.29) is 0 Å². The van der Waals surface area contributed by atoms with Crippen molar-refractivity contribution in [2.45, 2.75) is 19.8 Å². The minimum atomic E-state index is -3.44. The molecule has 17 heavy (non-hydrogen) atoms. The summed E-state index contributed by atoms with van der Waals surface area (Å²) in [5.41, 5.74) is 2.84. The maximum Gasteiger partial charge on any atom is 0.299 e. The van der Waals surface area contributed by atoms with Crippen molar-refractivity contribution >= 4 is 21.6 Å². The molecule has 0 bridgehead atoms. The summed E-state index contributed by atoms with van der Waals surface area (Å²) in [6.45, 7) is 3.06. The summed E-state index contributed by atoms with van der Waals surface area (Å²) in [7, 11) is -3.44. The van der Waals surface area contributed by atoms with E-state index < -0.39 is 10.2 Å². The molecule has 2 rings (SSSR count). The molecule has 0 aromatic heterocycles. The third-order valence-corrected chi connectivity index (χ3v) is 3.81. The van der Waals surface area contributed by atoms with E-state index in [2.05, 4.69) is 14.8 Å². The summed E-state index contributed by atoms with van der Waals surface area (Å²) in [5, 5.41) is 3.27. The van der Waals surface area contributed by atoms with E-state index in [9.17, 15) is 8.42 Å². The fourth-order valence-electron chi connectivity index (χ4n) is 1.91. The molecule has 5 nitrogen and oxygen atoms in total. The molecule has 0 spiro atoms. The lowest BCUT2D eigenvalue weighted by Crippen LogP contribution is -2.29. The van der Waals surface area contributed by atoms with Crippen molar-refractivity contribution < 1.29 is 8.42 Å². The molecule has 3 N–H and O–H groups in total. The molecule has 0 atom stereocenters. The van der Waals surface area contributed by atoms with E-state index in [1.165, 1.54) is 5.56 Å². The van der Waals surface area contributed by atoms with E-state index in [4.69, 9.17) is 0 Å². The molecule has 0 fully saturated rings. The van der Waals surface area contributed by atoms with Crippen LogP contribution >= 0.6 is 0 Å². The number of rotatable bonds is 4. The largest absolute Gasteiger partial charge is 0.385 e. The molecule has 6 heteroatoms. The highest BCUT2D eigenvalue weighted by molar-refractivity contribution is 7.90. The Kier molecular flexibility index (Phi) is 3.54. The molecular weight excluding hydrogens is 238 g/mol. The number of benzene rings is 1. The lowest BCUT2D eigenvalue weighted by atomic mass is 10.0. The second-order valence-electron chi connectivity index (χ2n) is 4.01. The fourth-order valence-corrected chi connectivity index (χ4v) is 2.80. The van der Waals surface area contributed by atoms with Crippen molar-refractivity contribution in [2.24, 2.45) is 0 Å². The molecule has 1 aliphatic heterocycles. The summed E-state index contributed by atoms with van der Waals surface area (Å²) < 4.78 is 27.9. The Morgan fingerprint density at radius 1 is 1.41 bits per heavy atom. The zero-order chi connectivity index (χ0) is 12.3. The van der Waals surface area contributed by atoms with Crippen LogP contribution in [0.5, 0.6) is 0 Å². The number of hydrogen-bond acceptors (Lipinski definition) is 3. The van der Waals surface area contributed by atoms with E-state index in [1.54, 1.807) is 13.0 Å². The Labute approximate surface area is 102 Å². The number of anilines is 2. The van der Waals surface area contributed by atoms with Gasteiger partial charge in [-0.1, -0.05) is 13.0 Å². The van der Waals surface area contributed by atoms with Gasteiger partial charge >= 0.3 is 0 Å². The van der Waals surface area contributed by atoms with Crippen molar-refractivity contribution in [3.05, 3.63) is 23.8 Å². The van der Waals surface area contributed by atoms with Gasteiger partial charge in [-0.15, -0.1) is 0 Å². The average molecular weight is 255 g/mol. The van der Waals surface area contributed by atoms with Gasteiger partial charge in [-0.25, -0.2) is 0 Å². The highest BCUT2D eigenvalue weighted by Gasteiger charge is 2.12. The summed E-state index contributed by atoms with van der Waals surface area (Å²) >= 11 is 0. The van der Waals surface area contributed by atoms with Gasteiger partial charge in [-0.2, -0.15) is 13.1 Å². The summed E-state index contributed by atoms with van der Waals surface area (Å²) in [6.07, 6.45) is 2.16. The molecule has 1 aliphatic rings. The van der Waals surface area contributed by atoms with E-state index in [1.807, 2.05) is 12.1 Å². The van der Waals surface area contributed by atoms with Gasteiger partial charge in [0.05, 0.1) is 5.69 Å². The molecule has 1 aromatic rings. The van der Waals surface area contributed by atoms with E-state index >= 15 is 0 Å². The average Bonchev–Trinajstić information content (AvgIpc) is 2.28. The molecule has 1 aromatic carbocycles. The summed E-state index contributed by atoms with van der Waals surface area (Å²) in [5.74, 6) is 0. The highest BCUT2D eigenvalue weighted by atomic mass is 32.2. The molecule has 1 heterocycles. The lowest BCUT2D eigenvalue weighted by molar-refractivity contribution is 0.589. The highest BCUT2D eigenvalue weighted by Crippen LogP contribution is 2.25. The predicted molar refractivity (Wildman–Crippen MR) is 69.5 cm³/mol. The maximum atomic E-state index is 11.5. The lowest BCUT2D eigenvalue weighted by Gasteiger charge is -2.19. The van der Waals surface area contributed by atoms with E-state index in [0.717, 1.165) is 25.1 Å². The van der Waals surface area contributed by atoms with Crippen LogP contribution in [0.4, 0.5) is 11.4 Å². The van der Waals surface area contributed by atoms with Crippen LogP contribution in [0.15, 0.2) is 18.2 Å². The Morgan fingerprint density at radius 2 is 2.24 bits per heavy atom. The van der Waals surface area contributed by atoms with Crippen LogP contribution < -0.4 is 14.8 Å². The standard InChI is InChI=1S/C11H17N3O2S/c1-2-13-17(15,16)14-10-6-5-9-4-3-7-12-11(9)8-10/h5-6,8,12-14H,2-4,7H2,1H3. The third-order valence-electron chi connectivity index (χ3n) is 2.63. The summed E-state index contributed by atoms with van der Waals surface area (Å²) in [4.78, 5) is 0. The van der Waals surface area contributed by atoms with Crippen molar-refractivity contribution in [3.63, 3.8) is 0 Å². The first kappa shape index (κ1) is 12.2. The smallest absolute Gasteiger partial charge is 0.299 e. The zero-order valence-electron chi connectivity index (χ0n) is 9.79. The maximum absolute atomic E-state index is 11.5. The molecule has 0 amide bonds. The minimum absolute atomic E-state index is 0.374. The first-order valence-electron chi connectivity index (χ1n) is 5.75. The zero-order valence-corrected chi connectivity index (χ0v) is 10.6. The summed E-state index contributed by atoms with van der Waals surface area (Å²) in [6, 6.07) is 5.59. The SMILES string of the molecule is CCNS(=O)(=O)Nc1ccc2c(c1)NCCC2. The molecule has 0 unspecified atom stereocenters. The molecular formula is C11H17N3O2S. The fraction of sp³-hybridized carbons (Fsp3) is 0.455. The van der Waals surface area contributed by atoms with Crippen LogP contribution in [0.25, 0.3) is 0 Å². The van der Waals surface area contributed by atoms with Crippen molar-refractivity contribution in [1.82, 2.24) is 4.72 Å². The molecule has 94 valence electrons. The molecule has 0 aliphatic carbocycles. The van der Waals surface area contributed by atoms with Gasteiger partial charge in [0, 0.05) is 18.8 Å². The van der Waals surface area contributed by atoms with Crippen molar-refractivity contribution in [2.75, 3.05) is 23.1 Å². The Hall–Kier alpha value is -1.27. The molecule has 0 radical (unpaired) electrons. The minimum Gasteiger partial charge on any atom is -0.385 e. The number of nitrogens with one attached hydrogen (secondary N) is 3. The Balaban J connectivity index is 2.17. The second kappa shape index (κ2) is 4.93. The van der Waals surface area contributed by atoms with Crippen LogP contribution in [0, 0.1) is 0 Å². The second-order valence-corrected chi connectivity index (χ2v) is 5.51. The topological polar surface area (TPSA) is 70.2 Å². The predicted octanol–water partition coefficient (Wildman–Crippen LogP) is 1.31. The van der Waals surface area contributed by atoms with Gasteiger partial charge in [-0.05, 0) is 30.5 Å². The monoisotopic (exact) mass is 255 g/mol. The Morgan fingerprint density at radius 3 is 3.00 bits per heavy atom. The van der Waals surface area contributed by atoms with Crippen LogP contribution in [-0.4, -0.2) is 21.5 Å². The number of fused-ring (bicyclic) bond motifs is 1. The van der Waals surface area contributed by atoms with Crippen molar-refractivity contribution in [1.29, 1.82) is 0 Å². The van der Waals surface area contributed by atoms with Gasteiger partial charge in [0.25, 0.3) is 10.2 Å². The van der Waals surface area contributed by atoms with Gasteiger partial charge < -0.3 is 5.32 Å². The van der Waals surface area contributed by atoms with E-state index in [0.29, 0.717) is 12.2 Å². The Bertz CT molecular complexity index is 499. The van der Waals surface area contributed by atoms with Gasteiger partial charge in [0.1, 0.15) is 0 Å². The van der Waals surface area contributed by atoms with Gasteiger partial charge in [0.15, 0.2) is 0 Å². The van der Waals surface area contributed by atoms with Crippen LogP contribution in [0.2, 0.25) is 0 Å². The molecule has 0 saturated carbocycles. The first-order chi connectivity index (χ1) is 8.11. The van der Waals surface area contributed by atoms with Gasteiger partial charge in [-0.3, -0.25) is 4.72 Å². The van der Waals surface area contributed by atoms with Crippen LogP contribution in [0.3, 0.4) is 0 Å². The number of hydrogen-bond donors (Lipinski definition) is 3. The van der Waals surface area contributed by atoms with Crippen molar-refractivity contribution in [3.8, 4) is 0 Å². The normalized spacial score (nSPS) is 14.9. The number of aryl methyl sites for hydroxylation is 1. The first-order valence-corrected chi connectivity index (χ1v) is 7.23.